The predicted molar refractivity (Wildman–Crippen MR) is 103 cm³/mol. The van der Waals surface area contributed by atoms with E-state index in [1.54, 1.807) is 0 Å². The van der Waals surface area contributed by atoms with Crippen molar-refractivity contribution in [3.63, 3.8) is 0 Å². The van der Waals surface area contributed by atoms with Crippen LogP contribution >= 0.6 is 11.6 Å². The molecule has 3 rings (SSSR count). The monoisotopic (exact) mass is 373 g/mol. The number of aliphatic carboxylic acids is 1. The molecule has 4 nitrogen and oxygen atoms in total. The van der Waals surface area contributed by atoms with Gasteiger partial charge in [-0.2, -0.15) is 0 Å². The van der Waals surface area contributed by atoms with E-state index in [0.29, 0.717) is 19.2 Å². The Balaban J connectivity index is 1.60. The molecule has 1 aliphatic carbocycles. The Morgan fingerprint density at radius 3 is 2.85 bits per heavy atom. The number of carboxylic acid groups (broad SMARTS) is 1. The normalized spacial score (nSPS) is 16.3. The molecule has 2 aromatic rings. The Bertz CT molecular complexity index is 778. The van der Waals surface area contributed by atoms with E-state index in [0.717, 1.165) is 35.6 Å². The summed E-state index contributed by atoms with van der Waals surface area (Å²) in [7, 11) is 2.01. The van der Waals surface area contributed by atoms with Gasteiger partial charge in [0.15, 0.2) is 0 Å². The van der Waals surface area contributed by atoms with Crippen molar-refractivity contribution in [2.24, 2.45) is 0 Å². The van der Waals surface area contributed by atoms with E-state index in [-0.39, 0.29) is 6.42 Å². The van der Waals surface area contributed by atoms with Crippen LogP contribution in [0.25, 0.3) is 0 Å². The van der Waals surface area contributed by atoms with E-state index in [9.17, 15) is 4.79 Å². The highest BCUT2D eigenvalue weighted by Crippen LogP contribution is 2.28. The molecule has 0 heterocycles. The molecule has 1 N–H and O–H groups in total. The zero-order chi connectivity index (χ0) is 18.5. The fraction of sp³-hybridized carbons (Fsp3) is 0.381. The average Bonchev–Trinajstić information content (AvgIpc) is 2.65. The zero-order valence-electron chi connectivity index (χ0n) is 15.0. The molecule has 0 bridgehead atoms. The second-order valence-corrected chi connectivity index (χ2v) is 7.24. The lowest BCUT2D eigenvalue weighted by molar-refractivity contribution is -0.137. The SMILES string of the molecule is CN(CCC(=O)O)C1CCc2cc(OCc3ccccc3Cl)ccc2C1. The van der Waals surface area contributed by atoms with Gasteiger partial charge in [0.25, 0.3) is 0 Å². The fourth-order valence-electron chi connectivity index (χ4n) is 3.41. The van der Waals surface area contributed by atoms with Crippen molar-refractivity contribution >= 4 is 17.6 Å². The maximum Gasteiger partial charge on any atom is 0.304 e. The minimum absolute atomic E-state index is 0.189. The van der Waals surface area contributed by atoms with Crippen molar-refractivity contribution in [1.82, 2.24) is 4.90 Å². The van der Waals surface area contributed by atoms with Gasteiger partial charge in [-0.25, -0.2) is 0 Å². The van der Waals surface area contributed by atoms with Crippen LogP contribution in [0.4, 0.5) is 0 Å². The molecule has 0 saturated carbocycles. The highest BCUT2D eigenvalue weighted by atomic mass is 35.5. The van der Waals surface area contributed by atoms with Gasteiger partial charge in [-0.3, -0.25) is 4.79 Å². The second-order valence-electron chi connectivity index (χ2n) is 6.83. The lowest BCUT2D eigenvalue weighted by Gasteiger charge is -2.32. The number of nitrogens with zero attached hydrogens (tertiary/aromatic N) is 1. The molecule has 1 unspecified atom stereocenters. The summed E-state index contributed by atoms with van der Waals surface area (Å²) in [5.41, 5.74) is 3.63. The molecule has 0 fully saturated rings. The molecule has 0 aliphatic heterocycles. The molecule has 5 heteroatoms. The van der Waals surface area contributed by atoms with E-state index in [1.807, 2.05) is 37.4 Å². The summed E-state index contributed by atoms with van der Waals surface area (Å²) in [6, 6.07) is 14.4. The predicted octanol–water partition coefficient (Wildman–Crippen LogP) is 4.18. The van der Waals surface area contributed by atoms with Gasteiger partial charge in [0.05, 0.1) is 6.42 Å². The van der Waals surface area contributed by atoms with Crippen molar-refractivity contribution in [2.45, 2.75) is 38.3 Å². The summed E-state index contributed by atoms with van der Waals surface area (Å²) >= 11 is 6.18. The van der Waals surface area contributed by atoms with Gasteiger partial charge in [0.2, 0.25) is 0 Å². The van der Waals surface area contributed by atoms with Crippen molar-refractivity contribution in [2.75, 3.05) is 13.6 Å². The number of likely N-dealkylation sites (N-methyl/N-ethyl adjacent to an activating group) is 1. The molecular weight excluding hydrogens is 350 g/mol. The molecule has 0 saturated heterocycles. The van der Waals surface area contributed by atoms with Gasteiger partial charge in [-0.1, -0.05) is 35.9 Å². The topological polar surface area (TPSA) is 49.8 Å². The van der Waals surface area contributed by atoms with E-state index >= 15 is 0 Å². The molecular formula is C21H24ClNO3. The van der Waals surface area contributed by atoms with Crippen LogP contribution in [0.15, 0.2) is 42.5 Å². The molecule has 1 aliphatic rings. The molecule has 0 aromatic heterocycles. The van der Waals surface area contributed by atoms with Crippen LogP contribution in [0, 0.1) is 0 Å². The Morgan fingerprint density at radius 1 is 1.27 bits per heavy atom. The number of ether oxygens (including phenoxy) is 1. The summed E-state index contributed by atoms with van der Waals surface area (Å²) in [5, 5.41) is 9.57. The number of hydrogen-bond donors (Lipinski definition) is 1. The van der Waals surface area contributed by atoms with Gasteiger partial charge in [0, 0.05) is 23.2 Å². The molecule has 0 spiro atoms. The van der Waals surface area contributed by atoms with Crippen LogP contribution in [0.2, 0.25) is 5.02 Å². The third-order valence-corrected chi connectivity index (χ3v) is 5.40. The number of rotatable bonds is 7. The Morgan fingerprint density at radius 2 is 2.08 bits per heavy atom. The lowest BCUT2D eigenvalue weighted by atomic mass is 9.87. The molecule has 1 atom stereocenters. The second kappa shape index (κ2) is 8.56. The van der Waals surface area contributed by atoms with Crippen molar-refractivity contribution in [1.29, 1.82) is 0 Å². The first-order chi connectivity index (χ1) is 12.5. The Labute approximate surface area is 159 Å². The quantitative estimate of drug-likeness (QED) is 0.790. The van der Waals surface area contributed by atoms with Crippen LogP contribution in [0.5, 0.6) is 5.75 Å². The van der Waals surface area contributed by atoms with Gasteiger partial charge < -0.3 is 14.7 Å². The summed E-state index contributed by atoms with van der Waals surface area (Å²) in [5.74, 6) is 0.120. The average molecular weight is 374 g/mol. The van der Waals surface area contributed by atoms with E-state index in [2.05, 4.69) is 17.0 Å². The van der Waals surface area contributed by atoms with Crippen molar-refractivity contribution in [3.8, 4) is 5.75 Å². The largest absolute Gasteiger partial charge is 0.489 e. The van der Waals surface area contributed by atoms with Gasteiger partial charge in [-0.15, -0.1) is 0 Å². The number of carbonyl (C=O) groups is 1. The van der Waals surface area contributed by atoms with Crippen LogP contribution in [0.1, 0.15) is 29.5 Å². The number of carboxylic acids is 1. The maximum atomic E-state index is 10.8. The zero-order valence-corrected chi connectivity index (χ0v) is 15.7. The van der Waals surface area contributed by atoms with Crippen LogP contribution in [-0.2, 0) is 24.2 Å². The van der Waals surface area contributed by atoms with Gasteiger partial charge in [0.1, 0.15) is 12.4 Å². The van der Waals surface area contributed by atoms with E-state index < -0.39 is 5.97 Å². The summed E-state index contributed by atoms with van der Waals surface area (Å²) in [6.07, 6.45) is 3.17. The first-order valence-corrected chi connectivity index (χ1v) is 9.31. The first-order valence-electron chi connectivity index (χ1n) is 8.93. The van der Waals surface area contributed by atoms with Crippen LogP contribution in [-0.4, -0.2) is 35.6 Å². The highest BCUT2D eigenvalue weighted by molar-refractivity contribution is 6.31. The number of benzene rings is 2. The number of hydrogen-bond acceptors (Lipinski definition) is 3. The third-order valence-electron chi connectivity index (χ3n) is 5.03. The third kappa shape index (κ3) is 4.77. The van der Waals surface area contributed by atoms with Gasteiger partial charge >= 0.3 is 5.97 Å². The first kappa shape index (κ1) is 18.7. The van der Waals surface area contributed by atoms with Gasteiger partial charge in [-0.05, 0) is 55.6 Å². The molecule has 2 aromatic carbocycles. The smallest absolute Gasteiger partial charge is 0.304 e. The maximum absolute atomic E-state index is 10.8. The van der Waals surface area contributed by atoms with E-state index in [1.165, 1.54) is 11.1 Å². The van der Waals surface area contributed by atoms with Crippen LogP contribution < -0.4 is 4.74 Å². The molecule has 0 amide bonds. The summed E-state index contributed by atoms with van der Waals surface area (Å²) < 4.78 is 5.92. The summed E-state index contributed by atoms with van der Waals surface area (Å²) in [4.78, 5) is 12.9. The number of halogens is 1. The lowest BCUT2D eigenvalue weighted by Crippen LogP contribution is -2.37. The van der Waals surface area contributed by atoms with Crippen molar-refractivity contribution in [3.05, 3.63) is 64.2 Å². The Kier molecular flexibility index (Phi) is 6.17. The number of fused-ring (bicyclic) bond motifs is 1. The molecule has 0 radical (unpaired) electrons. The van der Waals surface area contributed by atoms with E-state index in [4.69, 9.17) is 21.4 Å². The van der Waals surface area contributed by atoms with Crippen molar-refractivity contribution < 1.29 is 14.6 Å². The minimum Gasteiger partial charge on any atom is -0.489 e. The number of aryl methyl sites for hydroxylation is 1. The highest BCUT2D eigenvalue weighted by Gasteiger charge is 2.22. The molecule has 26 heavy (non-hydrogen) atoms. The Hall–Kier alpha value is -2.04. The van der Waals surface area contributed by atoms with Crippen LogP contribution in [0.3, 0.4) is 0 Å². The fourth-order valence-corrected chi connectivity index (χ4v) is 3.60. The minimum atomic E-state index is -0.742. The standard InChI is InChI=1S/C21H24ClNO3/c1-23(11-10-21(24)25)18-8-6-16-13-19(9-7-15(16)12-18)26-14-17-4-2-3-5-20(17)22/h2-5,7,9,13,18H,6,8,10-12,14H2,1H3,(H,24,25). The molecule has 138 valence electrons. The summed E-state index contributed by atoms with van der Waals surface area (Å²) in [6.45, 7) is 1.05.